The molecule has 0 unspecified atom stereocenters. The lowest BCUT2D eigenvalue weighted by Crippen LogP contribution is -2.08. The first-order chi connectivity index (χ1) is 24.2. The van der Waals surface area contributed by atoms with Crippen molar-refractivity contribution < 1.29 is 50.5 Å². The van der Waals surface area contributed by atoms with Gasteiger partial charge in [-0.05, 0) is 90.0 Å². The number of hydrogen-bond acceptors (Lipinski definition) is 15. The third kappa shape index (κ3) is 8.30. The Morgan fingerprint density at radius 3 is 1.63 bits per heavy atom. The summed E-state index contributed by atoms with van der Waals surface area (Å²) in [5, 5.41) is 31.8. The quantitative estimate of drug-likeness (QED) is 0.0311. The van der Waals surface area contributed by atoms with Gasteiger partial charge in [0.2, 0.25) is 17.8 Å². The lowest BCUT2D eigenvalue weighted by Gasteiger charge is -2.13. The molecule has 0 saturated carbocycles. The van der Waals surface area contributed by atoms with Crippen molar-refractivity contribution in [3.8, 4) is 0 Å². The van der Waals surface area contributed by atoms with Gasteiger partial charge < -0.3 is 21.1 Å². The normalized spacial score (nSPS) is 11.8. The first-order valence-electron chi connectivity index (χ1n) is 14.3. The number of hydrogen-bond donors (Lipinski definition) is 7. The molecule has 0 bridgehead atoms. The van der Waals surface area contributed by atoms with Crippen LogP contribution in [0.3, 0.4) is 0 Å². The van der Waals surface area contributed by atoms with Crippen molar-refractivity contribution in [2.45, 2.75) is 21.6 Å². The maximum atomic E-state index is 12.1. The Kier molecular flexibility index (Phi) is 9.75. The van der Waals surface area contributed by atoms with Crippen LogP contribution >= 0.6 is 12.0 Å². The second-order valence-corrected chi connectivity index (χ2v) is 14.4. The highest BCUT2D eigenvalue weighted by Crippen LogP contribution is 2.33. The number of fused-ring (bicyclic) bond motifs is 2. The standard InChI is InChI=1S/C31H24N6O11S3/c1-16-10-18-12-21(6-8-24(18)26(11-16)50(41,42)43)33-30-35-29(32-20-4-2-17(3-5-20)28(38)39)36-31(37-30)34-22-7-9-25-19(13-22)14-23(49-48-47-40)15-27(25)51(44,45)46/h2-15,40H,1H3,(H,38,39)(H,41,42,43)(H,44,45,46)(H3,32,33,34,35,36,37). The van der Waals surface area contributed by atoms with Crippen LogP contribution in [0, 0.1) is 6.92 Å². The van der Waals surface area contributed by atoms with Crippen LogP contribution < -0.4 is 16.0 Å². The van der Waals surface area contributed by atoms with Gasteiger partial charge >= 0.3 is 5.97 Å². The van der Waals surface area contributed by atoms with Gasteiger partial charge in [-0.3, -0.25) is 9.11 Å². The summed E-state index contributed by atoms with van der Waals surface area (Å²) < 4.78 is 72.3. The molecule has 7 N–H and O–H groups in total. The second kappa shape index (κ2) is 14.0. The molecule has 0 fully saturated rings. The highest BCUT2D eigenvalue weighted by atomic mass is 32.2. The van der Waals surface area contributed by atoms with Crippen LogP contribution in [0.4, 0.5) is 34.9 Å². The zero-order valence-electron chi connectivity index (χ0n) is 25.8. The topological polar surface area (TPSA) is 259 Å². The molecular formula is C31H24N6O11S3. The van der Waals surface area contributed by atoms with E-state index in [-0.39, 0.29) is 38.6 Å². The first-order valence-corrected chi connectivity index (χ1v) is 17.9. The summed E-state index contributed by atoms with van der Waals surface area (Å²) in [4.78, 5) is 24.1. The van der Waals surface area contributed by atoms with Crippen LogP contribution in [0.15, 0.2) is 99.6 Å². The largest absolute Gasteiger partial charge is 0.478 e. The summed E-state index contributed by atoms with van der Waals surface area (Å²) in [7, 11) is -9.17. The van der Waals surface area contributed by atoms with Gasteiger partial charge in [0.1, 0.15) is 9.79 Å². The van der Waals surface area contributed by atoms with Crippen molar-refractivity contribution in [2.75, 3.05) is 16.0 Å². The smallest absolute Gasteiger partial charge is 0.335 e. The van der Waals surface area contributed by atoms with Crippen LogP contribution in [0.25, 0.3) is 21.5 Å². The van der Waals surface area contributed by atoms with Crippen molar-refractivity contribution in [1.82, 2.24) is 15.0 Å². The van der Waals surface area contributed by atoms with Crippen molar-refractivity contribution in [1.29, 1.82) is 0 Å². The van der Waals surface area contributed by atoms with Crippen LogP contribution in [0.5, 0.6) is 0 Å². The SMILES string of the molecule is Cc1cc(S(=O)(=O)O)c2ccc(Nc3nc(Nc4ccc(C(=O)O)cc4)nc(Nc4ccc5c(S(=O)(=O)O)cc(SOOO)cc5c4)n3)cc2c1. The van der Waals surface area contributed by atoms with Gasteiger partial charge in [-0.1, -0.05) is 23.2 Å². The number of anilines is 6. The molecule has 0 aliphatic rings. The van der Waals surface area contributed by atoms with E-state index >= 15 is 0 Å². The van der Waals surface area contributed by atoms with Crippen molar-refractivity contribution in [2.24, 2.45) is 0 Å². The summed E-state index contributed by atoms with van der Waals surface area (Å²) in [6, 6.07) is 20.8. The molecule has 1 aromatic heterocycles. The fraction of sp³-hybridized carbons (Fsp3) is 0.0323. The lowest BCUT2D eigenvalue weighted by molar-refractivity contribution is -0.432. The molecule has 0 aliphatic carbocycles. The Balaban J connectivity index is 1.39. The van der Waals surface area contributed by atoms with E-state index in [2.05, 4.69) is 40.3 Å². The third-order valence-corrected chi connectivity index (χ3v) is 9.54. The Morgan fingerprint density at radius 2 is 1.14 bits per heavy atom. The van der Waals surface area contributed by atoms with Gasteiger partial charge in [-0.25, -0.2) is 10.1 Å². The maximum Gasteiger partial charge on any atom is 0.335 e. The second-order valence-electron chi connectivity index (χ2n) is 10.8. The molecule has 0 radical (unpaired) electrons. The molecule has 0 aliphatic heterocycles. The van der Waals surface area contributed by atoms with Crippen molar-refractivity contribution in [3.63, 3.8) is 0 Å². The fourth-order valence-electron chi connectivity index (χ4n) is 5.10. The molecule has 5 aromatic carbocycles. The van der Waals surface area contributed by atoms with E-state index in [1.54, 1.807) is 31.2 Å². The van der Waals surface area contributed by atoms with Gasteiger partial charge in [-0.2, -0.15) is 31.8 Å². The van der Waals surface area contributed by atoms with Gasteiger partial charge in [0.05, 0.1) is 17.6 Å². The minimum Gasteiger partial charge on any atom is -0.478 e. The zero-order chi connectivity index (χ0) is 36.5. The molecule has 6 aromatic rings. The average Bonchev–Trinajstić information content (AvgIpc) is 3.05. The number of aromatic nitrogens is 3. The summed E-state index contributed by atoms with van der Waals surface area (Å²) in [5.74, 6) is -1.06. The summed E-state index contributed by atoms with van der Waals surface area (Å²) in [6.07, 6.45) is 0. The summed E-state index contributed by atoms with van der Waals surface area (Å²) >= 11 is 0.494. The number of nitrogens with one attached hydrogen (secondary N) is 3. The molecule has 262 valence electrons. The third-order valence-electron chi connectivity index (χ3n) is 7.20. The van der Waals surface area contributed by atoms with Gasteiger partial charge in [0.25, 0.3) is 20.2 Å². The Hall–Kier alpha value is -5.45. The van der Waals surface area contributed by atoms with E-state index in [1.165, 1.54) is 54.6 Å². The number of aryl methyl sites for hydroxylation is 1. The Labute approximate surface area is 292 Å². The average molecular weight is 753 g/mol. The van der Waals surface area contributed by atoms with Crippen LogP contribution in [0.1, 0.15) is 15.9 Å². The van der Waals surface area contributed by atoms with E-state index in [4.69, 9.17) is 5.26 Å². The number of aromatic carboxylic acids is 1. The van der Waals surface area contributed by atoms with E-state index in [0.717, 1.165) is 6.07 Å². The van der Waals surface area contributed by atoms with Crippen LogP contribution in [-0.4, -0.2) is 57.2 Å². The summed E-state index contributed by atoms with van der Waals surface area (Å²) in [6.45, 7) is 1.69. The Morgan fingerprint density at radius 1 is 0.667 bits per heavy atom. The molecule has 0 saturated heterocycles. The van der Waals surface area contributed by atoms with Crippen molar-refractivity contribution in [3.05, 3.63) is 96.1 Å². The number of nitrogens with zero attached hydrogens (tertiary/aromatic N) is 3. The van der Waals surface area contributed by atoms with E-state index < -0.39 is 31.1 Å². The Bertz CT molecular complexity index is 2550. The molecule has 17 nitrogen and oxygen atoms in total. The molecule has 20 heteroatoms. The number of carboxylic acids is 1. The molecule has 1 heterocycles. The zero-order valence-corrected chi connectivity index (χ0v) is 28.2. The van der Waals surface area contributed by atoms with Crippen molar-refractivity contribution >= 4 is 94.7 Å². The number of carboxylic acid groups (broad SMARTS) is 1. The predicted molar refractivity (Wildman–Crippen MR) is 186 cm³/mol. The van der Waals surface area contributed by atoms with Gasteiger partial charge in [-0.15, -0.1) is 4.33 Å². The highest BCUT2D eigenvalue weighted by molar-refractivity contribution is 7.94. The first kappa shape index (κ1) is 35.4. The maximum absolute atomic E-state index is 12.1. The van der Waals surface area contributed by atoms with E-state index in [0.29, 0.717) is 50.8 Å². The monoisotopic (exact) mass is 752 g/mol. The number of carbonyl (C=O) groups is 1. The van der Waals surface area contributed by atoms with Crippen LogP contribution in [-0.2, 0) is 29.6 Å². The molecule has 0 atom stereocenters. The molecule has 6 rings (SSSR count). The highest BCUT2D eigenvalue weighted by Gasteiger charge is 2.18. The van der Waals surface area contributed by atoms with Gasteiger partial charge in [0.15, 0.2) is 0 Å². The van der Waals surface area contributed by atoms with E-state index in [9.17, 15) is 35.8 Å². The molecular weight excluding hydrogens is 729 g/mol. The molecule has 51 heavy (non-hydrogen) atoms. The fourth-order valence-corrected chi connectivity index (χ4v) is 7.16. The minimum absolute atomic E-state index is 0.000605. The number of rotatable bonds is 12. The van der Waals surface area contributed by atoms with Crippen LogP contribution in [0.2, 0.25) is 0 Å². The van der Waals surface area contributed by atoms with E-state index in [1.807, 2.05) is 0 Å². The minimum atomic E-state index is -4.67. The molecule has 0 amide bonds. The summed E-state index contributed by atoms with van der Waals surface area (Å²) in [5.41, 5.74) is 1.93. The van der Waals surface area contributed by atoms with Gasteiger partial charge in [0, 0.05) is 32.7 Å². The molecule has 0 spiro atoms. The lowest BCUT2D eigenvalue weighted by atomic mass is 10.1. The number of benzene rings is 5. The predicted octanol–water partition coefficient (Wildman–Crippen LogP) is 6.34.